The number of nitrogens with one attached hydrogen (secondary N) is 5. The molecule has 2 aromatic carbocycles. The molecule has 1 aliphatic carbocycles. The van der Waals surface area contributed by atoms with Crippen molar-refractivity contribution in [1.29, 1.82) is 0 Å². The van der Waals surface area contributed by atoms with E-state index < -0.39 is 66.6 Å². The number of nitrogens with two attached hydrogens (primary N) is 2. The Hall–Kier alpha value is -8.49. The number of benzene rings is 2. The topological polar surface area (TPSA) is 390 Å². The predicted molar refractivity (Wildman–Crippen MR) is 362 cm³/mol. The number of nitrogens with zero attached hydrogens (tertiary/aromatic N) is 4. The zero-order valence-electron chi connectivity index (χ0n) is 55.0. The number of nitrogen functional groups attached to an aromatic ring is 1. The molecule has 4 aromatic rings. The van der Waals surface area contributed by atoms with Crippen LogP contribution < -0.4 is 42.4 Å². The van der Waals surface area contributed by atoms with Crippen molar-refractivity contribution in [3.8, 4) is 17.6 Å². The van der Waals surface area contributed by atoms with Crippen LogP contribution in [0.1, 0.15) is 161 Å². The van der Waals surface area contributed by atoms with Gasteiger partial charge in [-0.3, -0.25) is 38.4 Å². The van der Waals surface area contributed by atoms with Crippen molar-refractivity contribution in [3.05, 3.63) is 106 Å². The van der Waals surface area contributed by atoms with Crippen molar-refractivity contribution < 1.29 is 78.4 Å². The summed E-state index contributed by atoms with van der Waals surface area (Å²) < 4.78 is 14.6. The molecule has 8 unspecified atom stereocenters. The molecule has 7 rings (SSSR count). The molecule has 26 nitrogen and oxygen atoms in total. The highest BCUT2D eigenvalue weighted by molar-refractivity contribution is 8.76. The van der Waals surface area contributed by atoms with Crippen LogP contribution in [0.25, 0.3) is 11.0 Å². The molecule has 1 fully saturated rings. The maximum atomic E-state index is 14.6. The lowest BCUT2D eigenvalue weighted by Gasteiger charge is -2.38. The van der Waals surface area contributed by atoms with Gasteiger partial charge in [0, 0.05) is 86.1 Å². The van der Waals surface area contributed by atoms with Crippen molar-refractivity contribution in [2.24, 2.45) is 5.92 Å². The molecule has 0 spiro atoms. The summed E-state index contributed by atoms with van der Waals surface area (Å²) in [6.07, 6.45) is 10.7. The number of quaternary nitrogens is 1. The Morgan fingerprint density at radius 3 is 2.26 bits per heavy atom. The Morgan fingerprint density at radius 1 is 0.812 bits per heavy atom. The van der Waals surface area contributed by atoms with Gasteiger partial charge in [-0.05, 0) is 107 Å². The van der Waals surface area contributed by atoms with Gasteiger partial charge in [0.1, 0.15) is 59.7 Å². The van der Waals surface area contributed by atoms with Gasteiger partial charge in [0.05, 0.1) is 49.6 Å². The van der Waals surface area contributed by atoms with Crippen molar-refractivity contribution >= 4 is 91.8 Å². The van der Waals surface area contributed by atoms with E-state index in [0.29, 0.717) is 72.2 Å². The van der Waals surface area contributed by atoms with Gasteiger partial charge in [0.25, 0.3) is 5.91 Å². The molecule has 2 aliphatic heterocycles. The highest BCUT2D eigenvalue weighted by atomic mass is 33.1. The van der Waals surface area contributed by atoms with Gasteiger partial charge in [0.2, 0.25) is 29.5 Å². The number of aryl methyl sites for hydroxylation is 2. The van der Waals surface area contributed by atoms with Crippen LogP contribution in [0.2, 0.25) is 0 Å². The highest BCUT2D eigenvalue weighted by Crippen LogP contribution is 2.50. The number of carboxylic acids is 3. The Balaban J connectivity index is 0.918. The number of aliphatic carboxylic acids is 3. The standard InChI is InChI=1S/C68H89N11O15S2/c1-6-16-42-33-53-47(31-40(42)3)62(48-32-41(4)50(70-7-2)34-54(48)94-53)45-18-10-11-19-46(45)67(90)78(5)28-14-22-57(83)75-49(65(88)72-26-12-8-9-21-56(82)76-51(35-59(84)85)66(89)77-52(68(91)92)36-60(86)87)20-15-29-95-96-30-25-55(81)71-27-13-17-43-37-79(58-24-23-44(38-80)93-58)64-61(43)63(69)73-39-74-64/h10-11,18-19,31-34,37,39,44,48-52,58,62,70,80H,6-9,12,14-16,20-30,35-36,38H2,1-5H3,(H,71,81)(H,72,88)(H,75,83)(H,76,82)(H,77,89)(H,84,85)(H,86,87)(H,91,92)(H2,69,73,74)/p+1. The Labute approximate surface area is 566 Å². The fourth-order valence-corrected chi connectivity index (χ4v) is 14.1. The van der Waals surface area contributed by atoms with E-state index in [1.807, 2.05) is 34.1 Å². The van der Waals surface area contributed by atoms with E-state index >= 15 is 0 Å². The largest absolute Gasteiger partial charge is 0.481 e. The number of ether oxygens (including phenoxy) is 2. The molecule has 96 heavy (non-hydrogen) atoms. The summed E-state index contributed by atoms with van der Waals surface area (Å²) in [5.74, 6) is 0.981. The summed E-state index contributed by atoms with van der Waals surface area (Å²) in [6, 6.07) is 7.75. The first-order chi connectivity index (χ1) is 46.1. The van der Waals surface area contributed by atoms with Crippen molar-refractivity contribution in [2.75, 3.05) is 57.1 Å². The molecule has 4 heterocycles. The third-order valence-electron chi connectivity index (χ3n) is 16.9. The summed E-state index contributed by atoms with van der Waals surface area (Å²) in [6.45, 7) is 9.86. The molecule has 2 aromatic heterocycles. The van der Waals surface area contributed by atoms with Crippen LogP contribution in [0.5, 0.6) is 5.75 Å². The molecule has 518 valence electrons. The smallest absolute Gasteiger partial charge is 0.326 e. The first-order valence-electron chi connectivity index (χ1n) is 32.7. The highest BCUT2D eigenvalue weighted by Gasteiger charge is 2.41. The zero-order chi connectivity index (χ0) is 69.4. The average Bonchev–Trinajstić information content (AvgIpc) is 0.845. The quantitative estimate of drug-likeness (QED) is 0.0127. The van der Waals surface area contributed by atoms with Gasteiger partial charge >= 0.3 is 17.9 Å². The monoisotopic (exact) mass is 1360 g/mol. The van der Waals surface area contributed by atoms with Gasteiger partial charge in [-0.15, -0.1) is 0 Å². The van der Waals surface area contributed by atoms with E-state index in [1.165, 1.54) is 44.6 Å². The van der Waals surface area contributed by atoms with Crippen molar-refractivity contribution in [1.82, 2.24) is 46.0 Å². The van der Waals surface area contributed by atoms with E-state index in [2.05, 4.69) is 100 Å². The third kappa shape index (κ3) is 21.3. The number of allylic oxidation sites excluding steroid dienone is 1. The molecule has 8 atom stereocenters. The summed E-state index contributed by atoms with van der Waals surface area (Å²) in [5, 5.41) is 53.0. The number of unbranched alkanes of at least 4 members (excludes halogenated alkanes) is 2. The van der Waals surface area contributed by atoms with Gasteiger partial charge in [-0.1, -0.05) is 83.5 Å². The number of carboxylic acid groups (broad SMARTS) is 3. The zero-order valence-corrected chi connectivity index (χ0v) is 56.6. The molecule has 6 amide bonds. The van der Waals surface area contributed by atoms with Gasteiger partial charge in [0.15, 0.2) is 0 Å². The maximum Gasteiger partial charge on any atom is 0.326 e. The first kappa shape index (κ1) is 74.9. The van der Waals surface area contributed by atoms with Crippen LogP contribution in [-0.4, -0.2) is 175 Å². The lowest BCUT2D eigenvalue weighted by atomic mass is 9.72. The maximum absolute atomic E-state index is 14.6. The number of aliphatic hydroxyl groups is 1. The van der Waals surface area contributed by atoms with Crippen molar-refractivity contribution in [3.63, 3.8) is 0 Å². The number of carbonyl (C=O) groups excluding carboxylic acids is 6. The van der Waals surface area contributed by atoms with Crippen LogP contribution in [0, 0.1) is 24.7 Å². The molecule has 13 N–H and O–H groups in total. The van der Waals surface area contributed by atoms with E-state index in [0.717, 1.165) is 42.0 Å². The fourth-order valence-electron chi connectivity index (χ4n) is 12.0. The number of rotatable bonds is 37. The minimum atomic E-state index is -1.86. The number of anilines is 1. The summed E-state index contributed by atoms with van der Waals surface area (Å²) >= 11 is 0. The van der Waals surface area contributed by atoms with Crippen LogP contribution in [0.4, 0.5) is 5.82 Å². The average molecular weight is 1370 g/mol. The van der Waals surface area contributed by atoms with Crippen LogP contribution >= 0.6 is 21.6 Å². The number of hydrogen-bond acceptors (Lipinski definition) is 17. The number of aliphatic hydroxyl groups excluding tert-OH is 1. The van der Waals surface area contributed by atoms with Gasteiger partial charge in [-0.25, -0.2) is 14.8 Å². The second kappa shape index (κ2) is 37.1. The molecule has 0 saturated carbocycles. The minimum absolute atomic E-state index is 0.0140. The molecule has 0 bridgehead atoms. The first-order valence-corrected chi connectivity index (χ1v) is 35.2. The molecule has 1 saturated heterocycles. The Morgan fingerprint density at radius 2 is 1.54 bits per heavy atom. The lowest BCUT2D eigenvalue weighted by molar-refractivity contribution is -0.668. The summed E-state index contributed by atoms with van der Waals surface area (Å²) in [7, 11) is 4.73. The SMILES string of the molecule is CCCc1cc2c(cc1C)C(c1ccccc1C(=O)N(C)CCCC(=O)NC(CCCSSCCC(=O)NCC#Cc1cn(C3CCC(CO)O3)c3ncnc(N)c13)C(=O)NCCCCCC(=O)NC(CC(=O)O)C(=O)NC(CC(=O)O)C(=O)O)C1C=C(C)C([NH2+]CC)C=C1O2. The van der Waals surface area contributed by atoms with E-state index in [4.69, 9.17) is 20.3 Å². The van der Waals surface area contributed by atoms with Crippen LogP contribution in [-0.2, 0) is 49.5 Å². The number of hydrogen-bond donors (Lipinski definition) is 11. The second-order valence-electron chi connectivity index (χ2n) is 24.2. The lowest BCUT2D eigenvalue weighted by Crippen LogP contribution is -2.89. The Kier molecular flexibility index (Phi) is 29.0. The Bertz CT molecular complexity index is 3590. The molecule has 3 aliphatic rings. The van der Waals surface area contributed by atoms with Crippen molar-refractivity contribution in [2.45, 2.75) is 166 Å². The number of fused-ring (bicyclic) bond motifs is 3. The van der Waals surface area contributed by atoms with E-state index in [-0.39, 0.29) is 112 Å². The normalized spacial score (nSPS) is 17.9. The van der Waals surface area contributed by atoms with E-state index in [9.17, 15) is 58.5 Å². The summed E-state index contributed by atoms with van der Waals surface area (Å²) in [5.41, 5.74) is 13.4. The summed E-state index contributed by atoms with van der Waals surface area (Å²) in [4.78, 5) is 125. The molecule has 0 radical (unpaired) electrons. The van der Waals surface area contributed by atoms with Crippen LogP contribution in [0.3, 0.4) is 0 Å². The van der Waals surface area contributed by atoms with E-state index in [1.54, 1.807) is 18.1 Å². The number of amides is 6. The van der Waals surface area contributed by atoms with Crippen LogP contribution in [0.15, 0.2) is 72.4 Å². The minimum Gasteiger partial charge on any atom is -0.481 e. The predicted octanol–water partition coefficient (Wildman–Crippen LogP) is 4.62. The molecule has 28 heteroatoms. The molecular formula is C68H90N11O15S2+. The molecular weight excluding hydrogens is 1270 g/mol. The third-order valence-corrected chi connectivity index (χ3v) is 19.4. The number of carbonyl (C=O) groups is 9. The van der Waals surface area contributed by atoms with Gasteiger partial charge < -0.3 is 77.0 Å². The van der Waals surface area contributed by atoms with Gasteiger partial charge in [-0.2, -0.15) is 0 Å². The fraction of sp³-hybridized carbons (Fsp3) is 0.515. The number of aromatic nitrogens is 3. The second-order valence-corrected chi connectivity index (χ2v) is 26.9. The number of likely N-dealkylation sites (N-methyl/N-ethyl adjacent to an activating group) is 1.